The van der Waals surface area contributed by atoms with Gasteiger partial charge in [-0.2, -0.15) is 0 Å². The van der Waals surface area contributed by atoms with Gasteiger partial charge in [0.05, 0.1) is 12.3 Å². The van der Waals surface area contributed by atoms with Gasteiger partial charge in [-0.25, -0.2) is 0 Å². The Labute approximate surface area is 117 Å². The quantitative estimate of drug-likeness (QED) is 0.839. The van der Waals surface area contributed by atoms with Crippen LogP contribution in [0, 0.1) is 0 Å². The molecule has 1 fully saturated rings. The van der Waals surface area contributed by atoms with Crippen molar-refractivity contribution in [1.29, 1.82) is 0 Å². The number of piperazine rings is 1. The van der Waals surface area contributed by atoms with Gasteiger partial charge in [0.2, 0.25) is 0 Å². The first kappa shape index (κ1) is 14.4. The zero-order valence-electron chi connectivity index (χ0n) is 11.2. The molecule has 0 radical (unpaired) electrons. The maximum atomic E-state index is 12.4. The van der Waals surface area contributed by atoms with E-state index in [4.69, 9.17) is 5.11 Å². The number of aryl methyl sites for hydroxylation is 1. The van der Waals surface area contributed by atoms with Crippen molar-refractivity contribution in [3.05, 3.63) is 10.6 Å². The number of β-amino-alcohol motifs (C(OH)–C–C–N with tert-alkyl or cyclic N) is 1. The average Bonchev–Trinajstić information content (AvgIpc) is 2.88. The predicted molar refractivity (Wildman–Crippen MR) is 73.3 cm³/mol. The van der Waals surface area contributed by atoms with Gasteiger partial charge in [0.1, 0.15) is 4.88 Å². The highest BCUT2D eigenvalue weighted by atomic mass is 32.1. The molecule has 0 saturated carbocycles. The van der Waals surface area contributed by atoms with Gasteiger partial charge in [0.25, 0.3) is 5.91 Å². The van der Waals surface area contributed by atoms with Gasteiger partial charge in [-0.3, -0.25) is 9.69 Å². The van der Waals surface area contributed by atoms with Crippen molar-refractivity contribution in [1.82, 2.24) is 19.4 Å². The number of nitrogens with zero attached hydrogens (tertiary/aromatic N) is 4. The SMILES string of the molecule is CCCc1nnsc1C(=O)N1CCN(CCO)CC1. The van der Waals surface area contributed by atoms with Crippen molar-refractivity contribution >= 4 is 17.4 Å². The largest absolute Gasteiger partial charge is 0.395 e. The zero-order chi connectivity index (χ0) is 13.7. The number of carbonyl (C=O) groups is 1. The maximum Gasteiger partial charge on any atom is 0.267 e. The lowest BCUT2D eigenvalue weighted by Gasteiger charge is -2.34. The summed E-state index contributed by atoms with van der Waals surface area (Å²) in [6.45, 7) is 5.99. The normalized spacial score (nSPS) is 16.8. The van der Waals surface area contributed by atoms with Gasteiger partial charge in [-0.15, -0.1) is 5.10 Å². The summed E-state index contributed by atoms with van der Waals surface area (Å²) in [5.74, 6) is 0.0575. The first-order chi connectivity index (χ1) is 9.26. The molecule has 0 spiro atoms. The molecule has 1 N–H and O–H groups in total. The number of hydrogen-bond acceptors (Lipinski definition) is 6. The van der Waals surface area contributed by atoms with E-state index in [0.717, 1.165) is 31.6 Å². The van der Waals surface area contributed by atoms with Crippen LogP contribution < -0.4 is 0 Å². The van der Waals surface area contributed by atoms with Crippen LogP contribution in [0.3, 0.4) is 0 Å². The number of aromatic nitrogens is 2. The molecular weight excluding hydrogens is 264 g/mol. The van der Waals surface area contributed by atoms with Crippen LogP contribution in [0.15, 0.2) is 0 Å². The van der Waals surface area contributed by atoms with Crippen molar-refractivity contribution in [3.63, 3.8) is 0 Å². The van der Waals surface area contributed by atoms with E-state index in [0.29, 0.717) is 24.5 Å². The number of aliphatic hydroxyl groups is 1. The van der Waals surface area contributed by atoms with E-state index in [-0.39, 0.29) is 12.5 Å². The third-order valence-electron chi connectivity index (χ3n) is 3.31. The van der Waals surface area contributed by atoms with Crippen molar-refractivity contribution in [2.45, 2.75) is 19.8 Å². The highest BCUT2D eigenvalue weighted by Crippen LogP contribution is 2.16. The van der Waals surface area contributed by atoms with E-state index in [1.54, 1.807) is 0 Å². The molecule has 7 heteroatoms. The fourth-order valence-electron chi connectivity index (χ4n) is 2.23. The van der Waals surface area contributed by atoms with Crippen LogP contribution >= 0.6 is 11.5 Å². The second kappa shape index (κ2) is 6.93. The van der Waals surface area contributed by atoms with Gasteiger partial charge < -0.3 is 10.0 Å². The van der Waals surface area contributed by atoms with Crippen LogP contribution in [-0.4, -0.2) is 69.7 Å². The van der Waals surface area contributed by atoms with E-state index < -0.39 is 0 Å². The Morgan fingerprint density at radius 1 is 1.37 bits per heavy atom. The molecule has 0 atom stereocenters. The number of rotatable bonds is 5. The van der Waals surface area contributed by atoms with Crippen molar-refractivity contribution in [2.24, 2.45) is 0 Å². The highest BCUT2D eigenvalue weighted by Gasteiger charge is 2.25. The molecule has 1 aliphatic heterocycles. The molecule has 1 aliphatic rings. The van der Waals surface area contributed by atoms with E-state index in [1.165, 1.54) is 11.5 Å². The Hall–Kier alpha value is -1.05. The standard InChI is InChI=1S/C12H20N4O2S/c1-2-3-10-11(19-14-13-10)12(18)16-6-4-15(5-7-16)8-9-17/h17H,2-9H2,1H3. The molecule has 2 heterocycles. The second-order valence-electron chi connectivity index (χ2n) is 4.66. The van der Waals surface area contributed by atoms with Gasteiger partial charge in [-0.05, 0) is 18.0 Å². The minimum absolute atomic E-state index is 0.0575. The molecule has 0 unspecified atom stereocenters. The summed E-state index contributed by atoms with van der Waals surface area (Å²) in [7, 11) is 0. The molecule has 1 saturated heterocycles. The number of hydrogen-bond donors (Lipinski definition) is 1. The molecule has 0 aliphatic carbocycles. The summed E-state index contributed by atoms with van der Waals surface area (Å²) >= 11 is 1.20. The minimum Gasteiger partial charge on any atom is -0.395 e. The highest BCUT2D eigenvalue weighted by molar-refractivity contribution is 7.08. The molecule has 0 bridgehead atoms. The molecular formula is C12H20N4O2S. The van der Waals surface area contributed by atoms with Crippen LogP contribution in [0.4, 0.5) is 0 Å². The van der Waals surface area contributed by atoms with Crippen LogP contribution in [0.1, 0.15) is 28.7 Å². The molecule has 6 nitrogen and oxygen atoms in total. The number of aliphatic hydroxyl groups excluding tert-OH is 1. The van der Waals surface area contributed by atoms with Crippen molar-refractivity contribution in [2.75, 3.05) is 39.3 Å². The third-order valence-corrected chi connectivity index (χ3v) is 4.07. The molecule has 19 heavy (non-hydrogen) atoms. The van der Waals surface area contributed by atoms with Crippen LogP contribution in [0.25, 0.3) is 0 Å². The first-order valence-electron chi connectivity index (χ1n) is 6.70. The van der Waals surface area contributed by atoms with E-state index >= 15 is 0 Å². The molecule has 1 aromatic rings. The predicted octanol–water partition coefficient (Wildman–Crippen LogP) is 0.241. The minimum atomic E-state index is 0.0575. The first-order valence-corrected chi connectivity index (χ1v) is 7.47. The van der Waals surface area contributed by atoms with Crippen LogP contribution in [0.2, 0.25) is 0 Å². The Bertz CT molecular complexity index is 416. The van der Waals surface area contributed by atoms with E-state index in [2.05, 4.69) is 21.4 Å². The van der Waals surface area contributed by atoms with E-state index in [9.17, 15) is 4.79 Å². The monoisotopic (exact) mass is 284 g/mol. The fraction of sp³-hybridized carbons (Fsp3) is 0.750. The summed E-state index contributed by atoms with van der Waals surface area (Å²) in [5.41, 5.74) is 0.829. The van der Waals surface area contributed by atoms with Gasteiger partial charge >= 0.3 is 0 Å². The lowest BCUT2D eigenvalue weighted by atomic mass is 10.2. The summed E-state index contributed by atoms with van der Waals surface area (Å²) in [6, 6.07) is 0. The molecule has 0 aromatic carbocycles. The Morgan fingerprint density at radius 3 is 2.74 bits per heavy atom. The molecule has 1 aromatic heterocycles. The lowest BCUT2D eigenvalue weighted by Crippen LogP contribution is -2.49. The van der Waals surface area contributed by atoms with Gasteiger partial charge in [0.15, 0.2) is 0 Å². The lowest BCUT2D eigenvalue weighted by molar-refractivity contribution is 0.0618. The maximum absolute atomic E-state index is 12.4. The van der Waals surface area contributed by atoms with Crippen molar-refractivity contribution in [3.8, 4) is 0 Å². The van der Waals surface area contributed by atoms with Crippen LogP contribution in [0.5, 0.6) is 0 Å². The zero-order valence-corrected chi connectivity index (χ0v) is 12.0. The second-order valence-corrected chi connectivity index (χ2v) is 5.41. The van der Waals surface area contributed by atoms with Gasteiger partial charge in [-0.1, -0.05) is 17.8 Å². The number of amides is 1. The van der Waals surface area contributed by atoms with Crippen LogP contribution in [-0.2, 0) is 6.42 Å². The summed E-state index contributed by atoms with van der Waals surface area (Å²) in [6.07, 6.45) is 1.78. The third kappa shape index (κ3) is 3.49. The smallest absolute Gasteiger partial charge is 0.267 e. The number of carbonyl (C=O) groups excluding carboxylic acids is 1. The fourth-order valence-corrected chi connectivity index (χ4v) is 2.91. The Kier molecular flexibility index (Phi) is 5.24. The van der Waals surface area contributed by atoms with Crippen molar-refractivity contribution < 1.29 is 9.90 Å². The molecule has 106 valence electrons. The topological polar surface area (TPSA) is 69.6 Å². The Balaban J connectivity index is 1.95. The molecule has 2 rings (SSSR count). The van der Waals surface area contributed by atoms with Gasteiger partial charge in [0, 0.05) is 32.7 Å². The van der Waals surface area contributed by atoms with E-state index in [1.807, 2.05) is 4.90 Å². The summed E-state index contributed by atoms with van der Waals surface area (Å²) in [4.78, 5) is 17.1. The summed E-state index contributed by atoms with van der Waals surface area (Å²) in [5, 5.41) is 12.9. The Morgan fingerprint density at radius 2 is 2.11 bits per heavy atom. The molecule has 1 amide bonds. The average molecular weight is 284 g/mol. The summed E-state index contributed by atoms with van der Waals surface area (Å²) < 4.78 is 3.90.